The van der Waals surface area contributed by atoms with Crippen LogP contribution in [0.15, 0.2) is 36.4 Å². The van der Waals surface area contributed by atoms with Gasteiger partial charge in [-0.3, -0.25) is 5.84 Å². The molecule has 0 radical (unpaired) electrons. The SMILES string of the molecule is COc1ccc(Cl)cc1C(NN)c1ccc2c(c1)CCC2. The van der Waals surface area contributed by atoms with Crippen molar-refractivity contribution in [2.45, 2.75) is 25.3 Å². The Balaban J connectivity index is 2.04. The van der Waals surface area contributed by atoms with E-state index < -0.39 is 0 Å². The molecule has 1 unspecified atom stereocenters. The predicted octanol–water partition coefficient (Wildman–Crippen LogP) is 3.39. The summed E-state index contributed by atoms with van der Waals surface area (Å²) in [6.45, 7) is 0. The summed E-state index contributed by atoms with van der Waals surface area (Å²) in [6.07, 6.45) is 3.56. The standard InChI is InChI=1S/C17H19ClN2O/c1-21-16-8-7-14(18)10-15(16)17(20-19)13-6-5-11-3-2-4-12(11)9-13/h5-10,17,20H,2-4,19H2,1H3. The summed E-state index contributed by atoms with van der Waals surface area (Å²) in [6, 6.07) is 12.0. The third-order valence-electron chi connectivity index (χ3n) is 4.13. The highest BCUT2D eigenvalue weighted by Gasteiger charge is 2.20. The van der Waals surface area contributed by atoms with Crippen molar-refractivity contribution in [1.29, 1.82) is 0 Å². The Bertz CT molecular complexity index is 657. The van der Waals surface area contributed by atoms with Crippen LogP contribution in [0.1, 0.15) is 34.7 Å². The fourth-order valence-electron chi connectivity index (χ4n) is 3.07. The van der Waals surface area contributed by atoms with Crippen molar-refractivity contribution in [1.82, 2.24) is 5.43 Å². The highest BCUT2D eigenvalue weighted by atomic mass is 35.5. The molecule has 110 valence electrons. The van der Waals surface area contributed by atoms with Crippen molar-refractivity contribution in [2.24, 2.45) is 5.84 Å². The van der Waals surface area contributed by atoms with Crippen molar-refractivity contribution < 1.29 is 4.74 Å². The number of nitrogens with one attached hydrogen (secondary N) is 1. The second-order valence-corrected chi connectivity index (χ2v) is 5.80. The zero-order chi connectivity index (χ0) is 14.8. The van der Waals surface area contributed by atoms with E-state index in [0.717, 1.165) is 23.3 Å². The molecule has 0 aliphatic heterocycles. The van der Waals surface area contributed by atoms with Gasteiger partial charge < -0.3 is 4.74 Å². The summed E-state index contributed by atoms with van der Waals surface area (Å²) in [5.41, 5.74) is 7.85. The molecule has 2 aromatic carbocycles. The Morgan fingerprint density at radius 3 is 2.71 bits per heavy atom. The van der Waals surface area contributed by atoms with Crippen molar-refractivity contribution in [3.63, 3.8) is 0 Å². The summed E-state index contributed by atoms with van der Waals surface area (Å²) in [4.78, 5) is 0. The lowest BCUT2D eigenvalue weighted by Gasteiger charge is -2.20. The first-order valence-electron chi connectivity index (χ1n) is 7.14. The first-order chi connectivity index (χ1) is 10.2. The van der Waals surface area contributed by atoms with Gasteiger partial charge in [0.2, 0.25) is 0 Å². The van der Waals surface area contributed by atoms with Crippen LogP contribution in [-0.4, -0.2) is 7.11 Å². The summed E-state index contributed by atoms with van der Waals surface area (Å²) >= 11 is 6.13. The molecule has 0 aromatic heterocycles. The van der Waals surface area contributed by atoms with Gasteiger partial charge in [-0.2, -0.15) is 0 Å². The molecular formula is C17H19ClN2O. The molecular weight excluding hydrogens is 284 g/mol. The average Bonchev–Trinajstić information content (AvgIpc) is 2.96. The molecule has 0 amide bonds. The summed E-state index contributed by atoms with van der Waals surface area (Å²) < 4.78 is 5.44. The molecule has 21 heavy (non-hydrogen) atoms. The first kappa shape index (κ1) is 14.4. The topological polar surface area (TPSA) is 47.3 Å². The minimum Gasteiger partial charge on any atom is -0.496 e. The predicted molar refractivity (Wildman–Crippen MR) is 85.6 cm³/mol. The maximum Gasteiger partial charge on any atom is 0.124 e. The summed E-state index contributed by atoms with van der Waals surface area (Å²) in [7, 11) is 1.66. The Morgan fingerprint density at radius 2 is 1.95 bits per heavy atom. The Labute approximate surface area is 130 Å². The molecule has 3 nitrogen and oxygen atoms in total. The van der Waals surface area contributed by atoms with Gasteiger partial charge in [-0.1, -0.05) is 29.8 Å². The number of fused-ring (bicyclic) bond motifs is 1. The second kappa shape index (κ2) is 6.06. The van der Waals surface area contributed by atoms with E-state index in [9.17, 15) is 0 Å². The lowest BCUT2D eigenvalue weighted by Crippen LogP contribution is -2.29. The molecule has 0 saturated carbocycles. The van der Waals surface area contributed by atoms with E-state index in [1.807, 2.05) is 18.2 Å². The van der Waals surface area contributed by atoms with Gasteiger partial charge in [-0.05, 0) is 54.2 Å². The number of halogens is 1. The molecule has 1 aliphatic carbocycles. The van der Waals surface area contributed by atoms with E-state index in [-0.39, 0.29) is 6.04 Å². The molecule has 3 rings (SSSR count). The summed E-state index contributed by atoms with van der Waals surface area (Å²) in [5.74, 6) is 6.59. The third kappa shape index (κ3) is 2.77. The fraction of sp³-hybridized carbons (Fsp3) is 0.294. The van der Waals surface area contributed by atoms with Gasteiger partial charge in [0.15, 0.2) is 0 Å². The number of hydrogen-bond acceptors (Lipinski definition) is 3. The van der Waals surface area contributed by atoms with Crippen molar-refractivity contribution in [3.05, 3.63) is 63.7 Å². The largest absolute Gasteiger partial charge is 0.496 e. The van der Waals surface area contributed by atoms with Gasteiger partial charge in [0.1, 0.15) is 5.75 Å². The normalized spacial score (nSPS) is 14.8. The van der Waals surface area contributed by atoms with Gasteiger partial charge in [-0.15, -0.1) is 0 Å². The zero-order valence-corrected chi connectivity index (χ0v) is 12.8. The highest BCUT2D eigenvalue weighted by molar-refractivity contribution is 6.30. The molecule has 0 spiro atoms. The Morgan fingerprint density at radius 1 is 1.14 bits per heavy atom. The molecule has 0 bridgehead atoms. The van der Waals surface area contributed by atoms with Gasteiger partial charge in [-0.25, -0.2) is 5.43 Å². The van der Waals surface area contributed by atoms with Crippen LogP contribution in [-0.2, 0) is 12.8 Å². The van der Waals surface area contributed by atoms with Crippen LogP contribution in [0.3, 0.4) is 0 Å². The maximum absolute atomic E-state index is 6.13. The minimum atomic E-state index is -0.135. The maximum atomic E-state index is 6.13. The first-order valence-corrected chi connectivity index (χ1v) is 7.52. The van der Waals surface area contributed by atoms with Crippen LogP contribution in [0, 0.1) is 0 Å². The van der Waals surface area contributed by atoms with Crippen LogP contribution in [0.2, 0.25) is 5.02 Å². The van der Waals surface area contributed by atoms with E-state index in [1.165, 1.54) is 24.0 Å². The number of nitrogens with two attached hydrogens (primary N) is 1. The zero-order valence-electron chi connectivity index (χ0n) is 12.0. The second-order valence-electron chi connectivity index (χ2n) is 5.37. The highest BCUT2D eigenvalue weighted by Crippen LogP contribution is 2.33. The molecule has 3 N–H and O–H groups in total. The number of aryl methyl sites for hydroxylation is 2. The molecule has 4 heteroatoms. The van der Waals surface area contributed by atoms with Crippen LogP contribution < -0.4 is 16.0 Å². The fourth-order valence-corrected chi connectivity index (χ4v) is 3.25. The minimum absolute atomic E-state index is 0.135. The van der Waals surface area contributed by atoms with Crippen molar-refractivity contribution in [2.75, 3.05) is 7.11 Å². The lowest BCUT2D eigenvalue weighted by atomic mass is 9.95. The Hall–Kier alpha value is -1.55. The molecule has 0 heterocycles. The molecule has 0 fully saturated rings. The van der Waals surface area contributed by atoms with E-state index in [4.69, 9.17) is 22.2 Å². The van der Waals surface area contributed by atoms with Crippen LogP contribution in [0.4, 0.5) is 0 Å². The molecule has 2 aromatic rings. The van der Waals surface area contributed by atoms with Gasteiger partial charge in [0.05, 0.1) is 13.2 Å². The smallest absolute Gasteiger partial charge is 0.124 e. The van der Waals surface area contributed by atoms with Crippen molar-refractivity contribution >= 4 is 11.6 Å². The number of ether oxygens (including phenoxy) is 1. The number of benzene rings is 2. The quantitative estimate of drug-likeness (QED) is 0.672. The van der Waals surface area contributed by atoms with E-state index in [2.05, 4.69) is 23.6 Å². The van der Waals surface area contributed by atoms with Crippen LogP contribution in [0.5, 0.6) is 5.75 Å². The van der Waals surface area contributed by atoms with Crippen LogP contribution in [0.25, 0.3) is 0 Å². The van der Waals surface area contributed by atoms with Crippen LogP contribution >= 0.6 is 11.6 Å². The van der Waals surface area contributed by atoms with E-state index in [1.54, 1.807) is 7.11 Å². The van der Waals surface area contributed by atoms with E-state index >= 15 is 0 Å². The monoisotopic (exact) mass is 302 g/mol. The van der Waals surface area contributed by atoms with Gasteiger partial charge in [0.25, 0.3) is 0 Å². The molecule has 1 aliphatic rings. The molecule has 0 saturated heterocycles. The summed E-state index contributed by atoms with van der Waals surface area (Å²) in [5, 5.41) is 0.673. The van der Waals surface area contributed by atoms with Gasteiger partial charge in [0, 0.05) is 10.6 Å². The van der Waals surface area contributed by atoms with Gasteiger partial charge >= 0.3 is 0 Å². The van der Waals surface area contributed by atoms with Crippen molar-refractivity contribution in [3.8, 4) is 5.75 Å². The molecule has 1 atom stereocenters. The average molecular weight is 303 g/mol. The number of hydrogen-bond donors (Lipinski definition) is 2. The Kier molecular flexibility index (Phi) is 4.15. The number of rotatable bonds is 4. The number of hydrazine groups is 1. The third-order valence-corrected chi connectivity index (χ3v) is 4.36. The van der Waals surface area contributed by atoms with E-state index in [0.29, 0.717) is 5.02 Å². The number of methoxy groups -OCH3 is 1. The lowest BCUT2D eigenvalue weighted by molar-refractivity contribution is 0.404.